The SMILES string of the molecule is C[C@H](N)c1cccnc1Sc1cccc(F)c1. The van der Waals surface area contributed by atoms with Crippen LogP contribution in [0.2, 0.25) is 0 Å². The van der Waals surface area contributed by atoms with Gasteiger partial charge in [0.1, 0.15) is 10.8 Å². The number of benzene rings is 1. The van der Waals surface area contributed by atoms with Crippen LogP contribution in [0.1, 0.15) is 18.5 Å². The Morgan fingerprint density at radius 3 is 2.82 bits per heavy atom. The number of nitrogens with zero attached hydrogens (tertiary/aromatic N) is 1. The molecule has 17 heavy (non-hydrogen) atoms. The molecule has 0 spiro atoms. The van der Waals surface area contributed by atoms with Gasteiger partial charge in [0.05, 0.1) is 0 Å². The van der Waals surface area contributed by atoms with E-state index in [1.165, 1.54) is 23.9 Å². The lowest BCUT2D eigenvalue weighted by Gasteiger charge is -2.10. The minimum Gasteiger partial charge on any atom is -0.324 e. The molecular weight excluding hydrogens is 235 g/mol. The zero-order chi connectivity index (χ0) is 12.3. The molecule has 0 aliphatic heterocycles. The summed E-state index contributed by atoms with van der Waals surface area (Å²) in [7, 11) is 0. The van der Waals surface area contributed by atoms with Gasteiger partial charge in [-0.1, -0.05) is 23.9 Å². The van der Waals surface area contributed by atoms with Crippen LogP contribution in [0.4, 0.5) is 4.39 Å². The molecule has 1 aromatic heterocycles. The summed E-state index contributed by atoms with van der Waals surface area (Å²) in [5.41, 5.74) is 6.84. The van der Waals surface area contributed by atoms with Gasteiger partial charge in [0.2, 0.25) is 0 Å². The van der Waals surface area contributed by atoms with Crippen LogP contribution in [0, 0.1) is 5.82 Å². The molecule has 0 saturated heterocycles. The fourth-order valence-electron chi connectivity index (χ4n) is 1.48. The van der Waals surface area contributed by atoms with Crippen molar-refractivity contribution in [3.8, 4) is 0 Å². The number of halogens is 1. The van der Waals surface area contributed by atoms with E-state index in [1.54, 1.807) is 12.3 Å². The van der Waals surface area contributed by atoms with E-state index >= 15 is 0 Å². The first-order chi connectivity index (χ1) is 8.16. The highest BCUT2D eigenvalue weighted by atomic mass is 32.2. The Balaban J connectivity index is 2.30. The molecule has 0 unspecified atom stereocenters. The van der Waals surface area contributed by atoms with Crippen LogP contribution < -0.4 is 5.73 Å². The zero-order valence-corrected chi connectivity index (χ0v) is 10.2. The van der Waals surface area contributed by atoms with Crippen molar-refractivity contribution in [3.63, 3.8) is 0 Å². The lowest BCUT2D eigenvalue weighted by Crippen LogP contribution is -2.07. The third kappa shape index (κ3) is 3.05. The number of hydrogen-bond donors (Lipinski definition) is 1. The first kappa shape index (κ1) is 12.1. The highest BCUT2D eigenvalue weighted by molar-refractivity contribution is 7.99. The van der Waals surface area contributed by atoms with Crippen LogP contribution in [0.5, 0.6) is 0 Å². The lowest BCUT2D eigenvalue weighted by molar-refractivity contribution is 0.624. The summed E-state index contributed by atoms with van der Waals surface area (Å²) in [6.07, 6.45) is 1.72. The van der Waals surface area contributed by atoms with E-state index in [9.17, 15) is 4.39 Å². The van der Waals surface area contributed by atoms with E-state index in [2.05, 4.69) is 4.98 Å². The second-order valence-corrected chi connectivity index (χ2v) is 4.81. The summed E-state index contributed by atoms with van der Waals surface area (Å²) < 4.78 is 13.1. The Hall–Kier alpha value is -1.39. The summed E-state index contributed by atoms with van der Waals surface area (Å²) >= 11 is 1.43. The van der Waals surface area contributed by atoms with Crippen LogP contribution in [0.3, 0.4) is 0 Å². The smallest absolute Gasteiger partial charge is 0.124 e. The topological polar surface area (TPSA) is 38.9 Å². The molecular formula is C13H13FN2S. The molecule has 0 fully saturated rings. The minimum absolute atomic E-state index is 0.0836. The predicted molar refractivity (Wildman–Crippen MR) is 67.4 cm³/mol. The predicted octanol–water partition coefficient (Wildman–Crippen LogP) is 3.39. The van der Waals surface area contributed by atoms with Crippen LogP contribution in [-0.4, -0.2) is 4.98 Å². The number of rotatable bonds is 3. The molecule has 1 aromatic carbocycles. The van der Waals surface area contributed by atoms with Crippen LogP contribution in [0.25, 0.3) is 0 Å². The van der Waals surface area contributed by atoms with Crippen molar-refractivity contribution in [1.29, 1.82) is 0 Å². The Morgan fingerprint density at radius 2 is 2.12 bits per heavy atom. The fourth-order valence-corrected chi connectivity index (χ4v) is 2.50. The molecule has 0 aliphatic rings. The lowest BCUT2D eigenvalue weighted by atomic mass is 10.2. The van der Waals surface area contributed by atoms with E-state index in [1.807, 2.05) is 25.1 Å². The Bertz CT molecular complexity index is 514. The van der Waals surface area contributed by atoms with Gasteiger partial charge >= 0.3 is 0 Å². The highest BCUT2D eigenvalue weighted by Crippen LogP contribution is 2.30. The van der Waals surface area contributed by atoms with Crippen LogP contribution in [0.15, 0.2) is 52.5 Å². The van der Waals surface area contributed by atoms with Gasteiger partial charge in [0.15, 0.2) is 0 Å². The summed E-state index contributed by atoms with van der Waals surface area (Å²) in [4.78, 5) is 5.11. The van der Waals surface area contributed by atoms with Crippen molar-refractivity contribution in [1.82, 2.24) is 4.98 Å². The molecule has 0 saturated carbocycles. The summed E-state index contributed by atoms with van der Waals surface area (Å²) in [5, 5.41) is 0.827. The van der Waals surface area contributed by atoms with E-state index < -0.39 is 0 Å². The quantitative estimate of drug-likeness (QED) is 0.905. The Morgan fingerprint density at radius 1 is 1.29 bits per heavy atom. The van der Waals surface area contributed by atoms with Crippen molar-refractivity contribution < 1.29 is 4.39 Å². The molecule has 88 valence electrons. The number of aromatic nitrogens is 1. The van der Waals surface area contributed by atoms with E-state index in [0.717, 1.165) is 15.5 Å². The molecule has 2 rings (SSSR count). The van der Waals surface area contributed by atoms with Crippen molar-refractivity contribution in [2.45, 2.75) is 22.9 Å². The molecule has 1 atom stereocenters. The van der Waals surface area contributed by atoms with E-state index in [4.69, 9.17) is 5.73 Å². The Kier molecular flexibility index (Phi) is 3.76. The third-order valence-corrected chi connectivity index (χ3v) is 3.33. The molecule has 1 heterocycles. The summed E-state index contributed by atoms with van der Waals surface area (Å²) in [6.45, 7) is 1.91. The van der Waals surface area contributed by atoms with Gasteiger partial charge < -0.3 is 5.73 Å². The fraction of sp³-hybridized carbons (Fsp3) is 0.154. The van der Waals surface area contributed by atoms with Crippen molar-refractivity contribution in [2.75, 3.05) is 0 Å². The number of hydrogen-bond acceptors (Lipinski definition) is 3. The minimum atomic E-state index is -0.242. The molecule has 2 nitrogen and oxygen atoms in total. The van der Waals surface area contributed by atoms with Crippen LogP contribution in [-0.2, 0) is 0 Å². The average molecular weight is 248 g/mol. The van der Waals surface area contributed by atoms with Gasteiger partial charge in [-0.05, 0) is 31.2 Å². The number of nitrogens with two attached hydrogens (primary N) is 1. The zero-order valence-electron chi connectivity index (χ0n) is 9.43. The molecule has 0 bridgehead atoms. The van der Waals surface area contributed by atoms with Crippen LogP contribution >= 0.6 is 11.8 Å². The first-order valence-corrected chi connectivity index (χ1v) is 6.12. The van der Waals surface area contributed by atoms with E-state index in [0.29, 0.717) is 0 Å². The van der Waals surface area contributed by atoms with Gasteiger partial charge in [-0.3, -0.25) is 0 Å². The van der Waals surface area contributed by atoms with Gasteiger partial charge in [-0.25, -0.2) is 9.37 Å². The maximum Gasteiger partial charge on any atom is 0.124 e. The molecule has 2 aromatic rings. The Labute approximate surface area is 104 Å². The van der Waals surface area contributed by atoms with Crippen molar-refractivity contribution >= 4 is 11.8 Å². The second kappa shape index (κ2) is 5.29. The van der Waals surface area contributed by atoms with E-state index in [-0.39, 0.29) is 11.9 Å². The largest absolute Gasteiger partial charge is 0.324 e. The normalized spacial score (nSPS) is 12.4. The second-order valence-electron chi connectivity index (χ2n) is 3.75. The summed E-state index contributed by atoms with van der Waals surface area (Å²) in [5.74, 6) is -0.242. The van der Waals surface area contributed by atoms with Gasteiger partial charge in [0, 0.05) is 22.7 Å². The van der Waals surface area contributed by atoms with Gasteiger partial charge in [-0.15, -0.1) is 0 Å². The monoisotopic (exact) mass is 248 g/mol. The molecule has 0 amide bonds. The van der Waals surface area contributed by atoms with Crippen molar-refractivity contribution in [3.05, 3.63) is 54.0 Å². The van der Waals surface area contributed by atoms with Crippen molar-refractivity contribution in [2.24, 2.45) is 5.73 Å². The maximum atomic E-state index is 13.1. The van der Waals surface area contributed by atoms with Gasteiger partial charge in [0.25, 0.3) is 0 Å². The van der Waals surface area contributed by atoms with Gasteiger partial charge in [-0.2, -0.15) is 0 Å². The highest BCUT2D eigenvalue weighted by Gasteiger charge is 2.09. The summed E-state index contributed by atoms with van der Waals surface area (Å²) in [6, 6.07) is 10.2. The first-order valence-electron chi connectivity index (χ1n) is 5.31. The standard InChI is InChI=1S/C13H13FN2S/c1-9(15)12-6-3-7-16-13(12)17-11-5-2-4-10(14)8-11/h2-9H,15H2,1H3/t9-/m0/s1. The molecule has 0 aliphatic carbocycles. The average Bonchev–Trinajstić information content (AvgIpc) is 2.29. The molecule has 4 heteroatoms. The molecule has 0 radical (unpaired) electrons. The maximum absolute atomic E-state index is 13.1. The number of pyridine rings is 1. The third-order valence-electron chi connectivity index (χ3n) is 2.30. The molecule has 2 N–H and O–H groups in total.